The van der Waals surface area contributed by atoms with E-state index in [1.54, 1.807) is 0 Å². The van der Waals surface area contributed by atoms with Crippen LogP contribution in [0.2, 0.25) is 0 Å². The Bertz CT molecular complexity index is 836. The Morgan fingerprint density at radius 2 is 1.77 bits per heavy atom. The molecule has 2 aromatic carbocycles. The van der Waals surface area contributed by atoms with E-state index in [9.17, 15) is 4.79 Å². The normalized spacial score (nSPS) is 16.0. The number of benzene rings is 2. The van der Waals surface area contributed by atoms with Crippen LogP contribution in [0.3, 0.4) is 0 Å². The Kier molecular flexibility index (Phi) is 8.10. The van der Waals surface area contributed by atoms with Crippen molar-refractivity contribution >= 4 is 5.91 Å². The summed E-state index contributed by atoms with van der Waals surface area (Å²) in [5.74, 6) is 0.538. The average Bonchev–Trinajstić information content (AvgIpc) is 2.78. The zero-order valence-electron chi connectivity index (χ0n) is 19.3. The molecule has 1 N–H and O–H groups in total. The number of rotatable bonds is 8. The third kappa shape index (κ3) is 6.31. The third-order valence-corrected chi connectivity index (χ3v) is 5.70. The minimum Gasteiger partial charge on any atom is -0.493 e. The predicted octanol–water partition coefficient (Wildman–Crippen LogP) is 4.58. The van der Waals surface area contributed by atoms with Gasteiger partial charge in [0.05, 0.1) is 31.4 Å². The lowest BCUT2D eigenvalue weighted by atomic mass is 9.86. The van der Waals surface area contributed by atoms with Gasteiger partial charge in [0.15, 0.2) is 0 Å². The van der Waals surface area contributed by atoms with Crippen molar-refractivity contribution in [3.05, 3.63) is 65.2 Å². The molecule has 0 spiro atoms. The molecule has 0 saturated carbocycles. The van der Waals surface area contributed by atoms with Crippen molar-refractivity contribution in [3.63, 3.8) is 0 Å². The first kappa shape index (κ1) is 23.3. The smallest absolute Gasteiger partial charge is 0.255 e. The van der Waals surface area contributed by atoms with Gasteiger partial charge in [-0.05, 0) is 35.1 Å². The maximum Gasteiger partial charge on any atom is 0.255 e. The molecule has 1 fully saturated rings. The van der Waals surface area contributed by atoms with Crippen molar-refractivity contribution in [3.8, 4) is 5.75 Å². The Labute approximate surface area is 186 Å². The number of ether oxygens (including phenoxy) is 2. The van der Waals surface area contributed by atoms with Gasteiger partial charge < -0.3 is 14.8 Å². The van der Waals surface area contributed by atoms with Crippen LogP contribution in [0.5, 0.6) is 5.75 Å². The number of hydrogen-bond acceptors (Lipinski definition) is 4. The summed E-state index contributed by atoms with van der Waals surface area (Å²) < 4.78 is 11.3. The van der Waals surface area contributed by atoms with Crippen LogP contribution in [0.15, 0.2) is 48.5 Å². The third-order valence-electron chi connectivity index (χ3n) is 5.70. The Hall–Kier alpha value is -2.37. The summed E-state index contributed by atoms with van der Waals surface area (Å²) in [7, 11) is 0. The number of carbonyl (C=O) groups is 1. The van der Waals surface area contributed by atoms with Gasteiger partial charge >= 0.3 is 0 Å². The fraction of sp³-hybridized carbons (Fsp3) is 0.500. The van der Waals surface area contributed by atoms with Gasteiger partial charge in [-0.15, -0.1) is 0 Å². The van der Waals surface area contributed by atoms with Gasteiger partial charge in [-0.25, -0.2) is 0 Å². The van der Waals surface area contributed by atoms with Gasteiger partial charge in [0.25, 0.3) is 5.91 Å². The average molecular weight is 425 g/mol. The van der Waals surface area contributed by atoms with E-state index in [4.69, 9.17) is 9.47 Å². The molecule has 1 aliphatic rings. The fourth-order valence-electron chi connectivity index (χ4n) is 3.83. The maximum absolute atomic E-state index is 13.0. The second-order valence-corrected chi connectivity index (χ2v) is 9.09. The number of nitrogens with one attached hydrogen (secondary N) is 1. The lowest BCUT2D eigenvalue weighted by Crippen LogP contribution is -2.43. The molecule has 1 amide bonds. The number of para-hydroxylation sites is 1. The molecule has 3 rings (SSSR count). The number of hydrogen-bond donors (Lipinski definition) is 1. The van der Waals surface area contributed by atoms with Crippen molar-refractivity contribution in [2.45, 2.75) is 45.6 Å². The largest absolute Gasteiger partial charge is 0.493 e. The van der Waals surface area contributed by atoms with Crippen LogP contribution in [-0.2, 0) is 10.2 Å². The van der Waals surface area contributed by atoms with Crippen LogP contribution < -0.4 is 10.1 Å². The Morgan fingerprint density at radius 1 is 1.10 bits per heavy atom. The van der Waals surface area contributed by atoms with Gasteiger partial charge in [0.1, 0.15) is 5.75 Å². The Morgan fingerprint density at radius 3 is 2.42 bits per heavy atom. The summed E-state index contributed by atoms with van der Waals surface area (Å²) in [6, 6.07) is 16.4. The van der Waals surface area contributed by atoms with Crippen LogP contribution in [-0.4, -0.2) is 50.3 Å². The lowest BCUT2D eigenvalue weighted by Gasteiger charge is -2.35. The highest BCUT2D eigenvalue weighted by molar-refractivity contribution is 5.96. The summed E-state index contributed by atoms with van der Waals surface area (Å²) in [4.78, 5) is 15.4. The Balaban J connectivity index is 1.76. The summed E-state index contributed by atoms with van der Waals surface area (Å²) >= 11 is 0. The van der Waals surface area contributed by atoms with Crippen LogP contribution in [0, 0.1) is 0 Å². The molecule has 168 valence electrons. The number of amides is 1. The molecule has 5 nitrogen and oxygen atoms in total. The summed E-state index contributed by atoms with van der Waals surface area (Å²) in [6.45, 7) is 13.0. The molecular weight excluding hydrogens is 388 g/mol. The topological polar surface area (TPSA) is 50.8 Å². The highest BCUT2D eigenvalue weighted by Crippen LogP contribution is 2.27. The molecule has 31 heavy (non-hydrogen) atoms. The molecule has 0 bridgehead atoms. The first-order valence-electron chi connectivity index (χ1n) is 11.3. The molecule has 0 aromatic heterocycles. The zero-order valence-corrected chi connectivity index (χ0v) is 19.3. The van der Waals surface area contributed by atoms with E-state index in [1.165, 1.54) is 11.1 Å². The van der Waals surface area contributed by atoms with Crippen LogP contribution in [0.4, 0.5) is 0 Å². The van der Waals surface area contributed by atoms with Crippen LogP contribution in [0.25, 0.3) is 0 Å². The van der Waals surface area contributed by atoms with Crippen LogP contribution in [0.1, 0.15) is 61.6 Å². The van der Waals surface area contributed by atoms with Gasteiger partial charge in [0.2, 0.25) is 0 Å². The predicted molar refractivity (Wildman–Crippen MR) is 125 cm³/mol. The minimum absolute atomic E-state index is 0.101. The standard InChI is InChI=1S/C26H36N2O3/c1-5-16-31-24-9-7-6-8-22(24)25(29)27-19-23(28-14-17-30-18-15-28)20-10-12-21(13-11-20)26(2,3)4/h6-13,23H,5,14-19H2,1-4H3,(H,27,29)/t23-/m1/s1. The van der Waals surface area contributed by atoms with Crippen molar-refractivity contribution in [2.24, 2.45) is 0 Å². The second-order valence-electron chi connectivity index (χ2n) is 9.09. The highest BCUT2D eigenvalue weighted by atomic mass is 16.5. The minimum atomic E-state index is -0.101. The van der Waals surface area contributed by atoms with E-state index in [1.807, 2.05) is 24.3 Å². The lowest BCUT2D eigenvalue weighted by molar-refractivity contribution is 0.0162. The van der Waals surface area contributed by atoms with Crippen molar-refractivity contribution in [2.75, 3.05) is 39.5 Å². The van der Waals surface area contributed by atoms with E-state index in [-0.39, 0.29) is 17.4 Å². The van der Waals surface area contributed by atoms with E-state index < -0.39 is 0 Å². The number of morpholine rings is 1. The quantitative estimate of drug-likeness (QED) is 0.674. The van der Waals surface area contributed by atoms with Gasteiger partial charge in [0, 0.05) is 19.6 Å². The maximum atomic E-state index is 13.0. The van der Waals surface area contributed by atoms with E-state index in [0.717, 1.165) is 32.7 Å². The van der Waals surface area contributed by atoms with Crippen molar-refractivity contribution in [1.29, 1.82) is 0 Å². The highest BCUT2D eigenvalue weighted by Gasteiger charge is 2.24. The molecule has 2 aromatic rings. The van der Waals surface area contributed by atoms with Crippen molar-refractivity contribution in [1.82, 2.24) is 10.2 Å². The fourth-order valence-corrected chi connectivity index (χ4v) is 3.83. The summed E-state index contributed by atoms with van der Waals surface area (Å²) in [5, 5.41) is 3.16. The van der Waals surface area contributed by atoms with Gasteiger partial charge in [-0.3, -0.25) is 9.69 Å². The second kappa shape index (κ2) is 10.8. The monoisotopic (exact) mass is 424 g/mol. The van der Waals surface area contributed by atoms with Gasteiger partial charge in [-0.1, -0.05) is 64.1 Å². The SMILES string of the molecule is CCCOc1ccccc1C(=O)NC[C@H](c1ccc(C(C)(C)C)cc1)N1CCOCC1. The molecule has 1 heterocycles. The number of carbonyl (C=O) groups excluding carboxylic acids is 1. The number of nitrogens with zero attached hydrogens (tertiary/aromatic N) is 1. The summed E-state index contributed by atoms with van der Waals surface area (Å²) in [5.41, 5.74) is 3.22. The molecule has 0 unspecified atom stereocenters. The first-order chi connectivity index (χ1) is 14.9. The molecule has 0 aliphatic carbocycles. The van der Waals surface area contributed by atoms with Crippen LogP contribution >= 0.6 is 0 Å². The molecule has 0 radical (unpaired) electrons. The van der Waals surface area contributed by atoms with Gasteiger partial charge in [-0.2, -0.15) is 0 Å². The van der Waals surface area contributed by atoms with Crippen molar-refractivity contribution < 1.29 is 14.3 Å². The summed E-state index contributed by atoms with van der Waals surface area (Å²) in [6.07, 6.45) is 0.902. The molecule has 1 saturated heterocycles. The molecular formula is C26H36N2O3. The zero-order chi connectivity index (χ0) is 22.3. The first-order valence-corrected chi connectivity index (χ1v) is 11.3. The molecule has 1 aliphatic heterocycles. The van der Waals surface area contributed by atoms with E-state index >= 15 is 0 Å². The molecule has 1 atom stereocenters. The van der Waals surface area contributed by atoms with E-state index in [0.29, 0.717) is 24.5 Å². The molecule has 5 heteroatoms. The van der Waals surface area contributed by atoms with E-state index in [2.05, 4.69) is 62.2 Å².